The fourth-order valence-corrected chi connectivity index (χ4v) is 8.77. The maximum absolute atomic E-state index is 10.2. The van der Waals surface area contributed by atoms with Crippen LogP contribution in [-0.4, -0.2) is 50.2 Å². The molecular formula is C71H80BrClINO11. The highest BCUT2D eigenvalue weighted by atomic mass is 127. The van der Waals surface area contributed by atoms with Crippen LogP contribution >= 0.6 is 50.1 Å². The third-order valence-corrected chi connectivity index (χ3v) is 13.7. The molecule has 0 spiro atoms. The highest BCUT2D eigenvalue weighted by Crippen LogP contribution is 2.37. The first-order chi connectivity index (χ1) is 41.0. The van der Waals surface area contributed by atoms with Gasteiger partial charge < -0.3 is 43.4 Å². The number of nitrogens with zero attached hydrogens (tertiary/aromatic N) is 1. The van der Waals surface area contributed by atoms with Crippen molar-refractivity contribution in [1.29, 1.82) is 0 Å². The SMILES string of the molecule is CCOc1cc(C)ccc1OC.COc1cc(C)cc(Br)c1O.COc1cc(C)cc(OC)c1O.Cc1cc(C)cc(C)c1.Cc1ccc(I)cc1.Cc1ccc(OCc2ccccc2)c(OCc2ccccc2)c1.Cc1ccc([N+](=O)[O-])cc1Cl. The number of non-ortho nitro benzene ring substituents is 1. The number of methoxy groups -OCH3 is 4. The number of phenolic OH excluding ortho intramolecular Hbond substituents is 2. The van der Waals surface area contributed by atoms with Gasteiger partial charge in [0, 0.05) is 15.7 Å². The lowest BCUT2D eigenvalue weighted by molar-refractivity contribution is -0.384. The Labute approximate surface area is 536 Å². The van der Waals surface area contributed by atoms with Crippen molar-refractivity contribution in [2.45, 2.75) is 82.5 Å². The number of halogens is 3. The zero-order valence-corrected chi connectivity index (χ0v) is 56.1. The van der Waals surface area contributed by atoms with E-state index < -0.39 is 4.92 Å². The molecule has 0 bridgehead atoms. The summed E-state index contributed by atoms with van der Waals surface area (Å²) in [6.07, 6.45) is 0. The molecule has 0 fully saturated rings. The van der Waals surface area contributed by atoms with Crippen molar-refractivity contribution in [2.24, 2.45) is 0 Å². The number of hydrogen-bond acceptors (Lipinski definition) is 11. The van der Waals surface area contributed by atoms with Gasteiger partial charge in [-0.1, -0.05) is 143 Å². The Morgan fingerprint density at radius 2 is 0.826 bits per heavy atom. The number of benzene rings is 9. The highest BCUT2D eigenvalue weighted by molar-refractivity contribution is 14.1. The minimum absolute atomic E-state index is 0.0283. The Bertz CT molecular complexity index is 3380. The zero-order chi connectivity index (χ0) is 63.7. The molecule has 0 atom stereocenters. The van der Waals surface area contributed by atoms with Gasteiger partial charge in [-0.3, -0.25) is 10.1 Å². The van der Waals surface area contributed by atoms with E-state index in [2.05, 4.69) is 140 Å². The van der Waals surface area contributed by atoms with Crippen molar-refractivity contribution in [3.63, 3.8) is 0 Å². The van der Waals surface area contributed by atoms with E-state index in [0.29, 0.717) is 46.6 Å². The fraction of sp³-hybridized carbons (Fsp3) is 0.239. The highest BCUT2D eigenvalue weighted by Gasteiger charge is 2.11. The molecule has 9 aromatic carbocycles. The summed E-state index contributed by atoms with van der Waals surface area (Å²) < 4.78 is 39.2. The molecule has 0 saturated heterocycles. The predicted octanol–water partition coefficient (Wildman–Crippen LogP) is 19.5. The van der Waals surface area contributed by atoms with Gasteiger partial charge in [0.2, 0.25) is 5.75 Å². The number of rotatable bonds is 13. The minimum atomic E-state index is -0.467. The van der Waals surface area contributed by atoms with Crippen molar-refractivity contribution < 1.29 is 48.3 Å². The second kappa shape index (κ2) is 38.9. The Hall–Kier alpha value is -7.92. The summed E-state index contributed by atoms with van der Waals surface area (Å²) >= 11 is 11.2. The predicted molar refractivity (Wildman–Crippen MR) is 362 cm³/mol. The largest absolute Gasteiger partial charge is 0.503 e. The molecule has 12 nitrogen and oxygen atoms in total. The molecule has 0 amide bonds. The third kappa shape index (κ3) is 27.0. The molecule has 0 unspecified atom stereocenters. The molecule has 0 heterocycles. The van der Waals surface area contributed by atoms with E-state index in [1.165, 1.54) is 64.8 Å². The van der Waals surface area contributed by atoms with E-state index in [1.54, 1.807) is 38.3 Å². The van der Waals surface area contributed by atoms with Gasteiger partial charge in [-0.15, -0.1) is 0 Å². The number of aromatic hydroxyl groups is 2. The van der Waals surface area contributed by atoms with Crippen molar-refractivity contribution >= 4 is 55.8 Å². The maximum atomic E-state index is 10.2. The van der Waals surface area contributed by atoms with Crippen LogP contribution in [0.2, 0.25) is 5.02 Å². The number of hydrogen-bond donors (Lipinski definition) is 2. The Morgan fingerprint density at radius 1 is 0.442 bits per heavy atom. The molecule has 2 N–H and O–H groups in total. The second-order valence-corrected chi connectivity index (χ2v) is 22.1. The van der Waals surface area contributed by atoms with Crippen molar-refractivity contribution in [1.82, 2.24) is 0 Å². The average Bonchev–Trinajstić information content (AvgIpc) is 3.69. The van der Waals surface area contributed by atoms with Crippen LogP contribution in [-0.2, 0) is 13.2 Å². The summed E-state index contributed by atoms with van der Waals surface area (Å²) in [4.78, 5) is 9.74. The molecule has 86 heavy (non-hydrogen) atoms. The van der Waals surface area contributed by atoms with E-state index in [1.807, 2.05) is 107 Å². The number of aryl methyl sites for hydroxylation is 9. The van der Waals surface area contributed by atoms with E-state index >= 15 is 0 Å². The van der Waals surface area contributed by atoms with Crippen LogP contribution in [0.1, 0.15) is 68.1 Å². The van der Waals surface area contributed by atoms with Crippen molar-refractivity contribution in [2.75, 3.05) is 35.0 Å². The zero-order valence-electron chi connectivity index (χ0n) is 51.6. The van der Waals surface area contributed by atoms with E-state index in [4.69, 9.17) is 44.8 Å². The molecule has 0 radical (unpaired) electrons. The summed E-state index contributed by atoms with van der Waals surface area (Å²) in [5.41, 5.74) is 12.9. The van der Waals surface area contributed by atoms with Crippen LogP contribution in [0.4, 0.5) is 5.69 Å². The number of nitro benzene ring substituents is 1. The van der Waals surface area contributed by atoms with Crippen molar-refractivity contribution in [3.8, 4) is 51.7 Å². The van der Waals surface area contributed by atoms with Crippen LogP contribution in [0, 0.1) is 76.0 Å². The summed E-state index contributed by atoms with van der Waals surface area (Å²) in [5.74, 6) is 4.74. The van der Waals surface area contributed by atoms with Crippen LogP contribution in [0.25, 0.3) is 0 Å². The molecule has 0 aliphatic rings. The van der Waals surface area contributed by atoms with Crippen LogP contribution in [0.15, 0.2) is 186 Å². The normalized spacial score (nSPS) is 9.78. The lowest BCUT2D eigenvalue weighted by Crippen LogP contribution is -2.00. The standard InChI is InChI=1S/C21H20O2.C10H14O2.C9H12O3.C9H12.C8H9BrO2.C7H6ClNO2.C7H7I/c1-17-12-13-20(22-15-18-8-4-2-5-9-18)21(14-17)23-16-19-10-6-3-7-11-19;1-4-12-10-7-8(2)5-6-9(10)11-3;1-6-4-7(11-2)9(10)8(5-6)12-3;1-7-4-8(2)6-9(3)5-7;1-5-3-6(9)8(10)7(4-5)11-2;1-5-2-3-6(9(10)11)4-7(5)8;1-6-2-4-7(8)5-3-6/h2-14H,15-16H2,1H3;5-7H,4H2,1-3H3;4-5,10H,1-3H3;4-6H,1-3H3;3-4,10H,1-2H3;2-4H,1H3;2-5H,1H3. The molecule has 0 saturated carbocycles. The Kier molecular flexibility index (Phi) is 32.7. The van der Waals surface area contributed by atoms with Gasteiger partial charge in [-0.05, 0) is 207 Å². The molecule has 0 aliphatic carbocycles. The van der Waals surface area contributed by atoms with Crippen LogP contribution in [0.3, 0.4) is 0 Å². The van der Waals surface area contributed by atoms with Crippen LogP contribution in [0.5, 0.6) is 51.7 Å². The first-order valence-electron chi connectivity index (χ1n) is 27.3. The van der Waals surface area contributed by atoms with Gasteiger partial charge in [0.05, 0.1) is 49.5 Å². The Morgan fingerprint density at radius 3 is 1.24 bits per heavy atom. The van der Waals surface area contributed by atoms with Gasteiger partial charge >= 0.3 is 0 Å². The minimum Gasteiger partial charge on any atom is -0.503 e. The van der Waals surface area contributed by atoms with Gasteiger partial charge in [0.15, 0.2) is 46.0 Å². The van der Waals surface area contributed by atoms with E-state index in [0.717, 1.165) is 56.4 Å². The quantitative estimate of drug-likeness (QED) is 0.0646. The van der Waals surface area contributed by atoms with E-state index in [9.17, 15) is 20.3 Å². The van der Waals surface area contributed by atoms with Gasteiger partial charge in [-0.2, -0.15) is 0 Å². The number of ether oxygens (including phenoxy) is 7. The summed E-state index contributed by atoms with van der Waals surface area (Å²) in [5, 5.41) is 29.5. The lowest BCUT2D eigenvalue weighted by atomic mass is 10.1. The lowest BCUT2D eigenvalue weighted by Gasteiger charge is -2.14. The maximum Gasteiger partial charge on any atom is 0.270 e. The monoisotopic (exact) mass is 1360 g/mol. The molecule has 0 aromatic heterocycles. The van der Waals surface area contributed by atoms with Crippen LogP contribution < -0.4 is 33.2 Å². The molecular weight excluding hydrogens is 1290 g/mol. The van der Waals surface area contributed by atoms with Crippen molar-refractivity contribution in [3.05, 3.63) is 266 Å². The molecule has 9 rings (SSSR count). The molecule has 15 heteroatoms. The smallest absolute Gasteiger partial charge is 0.270 e. The van der Waals surface area contributed by atoms with Gasteiger partial charge in [-0.25, -0.2) is 0 Å². The first kappa shape index (κ1) is 72.3. The number of nitro groups is 1. The summed E-state index contributed by atoms with van der Waals surface area (Å²) in [7, 11) is 6.19. The summed E-state index contributed by atoms with van der Waals surface area (Å²) in [6, 6.07) is 58.7. The molecule has 456 valence electrons. The molecule has 0 aliphatic heterocycles. The Balaban J connectivity index is 0.000000271. The van der Waals surface area contributed by atoms with Gasteiger partial charge in [0.1, 0.15) is 13.2 Å². The number of phenols is 2. The second-order valence-electron chi connectivity index (χ2n) is 19.6. The van der Waals surface area contributed by atoms with Gasteiger partial charge in [0.25, 0.3) is 5.69 Å². The fourth-order valence-electron chi connectivity index (χ4n) is 7.68. The summed E-state index contributed by atoms with van der Waals surface area (Å²) in [6.45, 7) is 21.9. The van der Waals surface area contributed by atoms with E-state index in [-0.39, 0.29) is 17.2 Å². The third-order valence-electron chi connectivity index (χ3n) is 12.0. The average molecular weight is 1370 g/mol. The first-order valence-corrected chi connectivity index (χ1v) is 29.6. The topological polar surface area (TPSA) is 148 Å². The molecule has 9 aromatic rings.